The Labute approximate surface area is 165 Å². The molecular formula is C19H31N5S2. The maximum atomic E-state index is 4.73. The standard InChI is InChI=1S/C19H31N5S2/c1-6-20-19(22-12-18-23-14(4)15(5)26-18)21-11-17(24(7-2)8-3)16-9-10-25-13-16/h9-10,13,17H,6-8,11-12H2,1-5H3,(H2,20,21,22). The first-order valence-electron chi connectivity index (χ1n) is 9.30. The normalized spacial score (nSPS) is 13.2. The number of thiophene rings is 1. The second-order valence-electron chi connectivity index (χ2n) is 6.12. The van der Waals surface area contributed by atoms with Gasteiger partial charge in [-0.3, -0.25) is 4.90 Å². The number of nitrogens with one attached hydrogen (secondary N) is 2. The Morgan fingerprint density at radius 2 is 2.00 bits per heavy atom. The number of thiazole rings is 1. The molecule has 1 unspecified atom stereocenters. The van der Waals surface area contributed by atoms with E-state index in [2.05, 4.69) is 72.0 Å². The van der Waals surface area contributed by atoms with Gasteiger partial charge in [-0.05, 0) is 56.3 Å². The zero-order valence-corrected chi connectivity index (χ0v) is 18.1. The van der Waals surface area contributed by atoms with Gasteiger partial charge in [0.25, 0.3) is 0 Å². The molecule has 5 nitrogen and oxygen atoms in total. The highest BCUT2D eigenvalue weighted by Crippen LogP contribution is 2.22. The monoisotopic (exact) mass is 393 g/mol. The summed E-state index contributed by atoms with van der Waals surface area (Å²) < 4.78 is 0. The van der Waals surface area contributed by atoms with Crippen LogP contribution in [-0.2, 0) is 6.54 Å². The Balaban J connectivity index is 2.05. The van der Waals surface area contributed by atoms with Crippen LogP contribution in [0, 0.1) is 13.8 Å². The van der Waals surface area contributed by atoms with Crippen LogP contribution in [0.4, 0.5) is 0 Å². The largest absolute Gasteiger partial charge is 0.357 e. The van der Waals surface area contributed by atoms with Crippen LogP contribution in [0.5, 0.6) is 0 Å². The molecular weight excluding hydrogens is 362 g/mol. The molecule has 2 rings (SSSR count). The van der Waals surface area contributed by atoms with E-state index < -0.39 is 0 Å². The summed E-state index contributed by atoms with van der Waals surface area (Å²) in [6.45, 7) is 15.0. The molecule has 144 valence electrons. The number of hydrogen-bond donors (Lipinski definition) is 2. The fourth-order valence-electron chi connectivity index (χ4n) is 2.88. The fourth-order valence-corrected chi connectivity index (χ4v) is 4.44. The number of rotatable bonds is 9. The minimum atomic E-state index is 0.351. The molecule has 7 heteroatoms. The van der Waals surface area contributed by atoms with E-state index in [1.807, 2.05) is 0 Å². The third-order valence-electron chi connectivity index (χ3n) is 4.43. The van der Waals surface area contributed by atoms with E-state index in [-0.39, 0.29) is 0 Å². The van der Waals surface area contributed by atoms with Crippen molar-refractivity contribution in [2.24, 2.45) is 4.99 Å². The summed E-state index contributed by atoms with van der Waals surface area (Å²) in [4.78, 5) is 13.1. The molecule has 2 aromatic rings. The summed E-state index contributed by atoms with van der Waals surface area (Å²) in [6.07, 6.45) is 0. The molecule has 0 fully saturated rings. The first-order valence-corrected chi connectivity index (χ1v) is 11.1. The molecule has 0 saturated carbocycles. The van der Waals surface area contributed by atoms with E-state index in [4.69, 9.17) is 4.99 Å². The van der Waals surface area contributed by atoms with Crippen molar-refractivity contribution in [1.82, 2.24) is 20.5 Å². The Kier molecular flexibility index (Phi) is 8.54. The van der Waals surface area contributed by atoms with Gasteiger partial charge < -0.3 is 10.6 Å². The molecule has 0 spiro atoms. The highest BCUT2D eigenvalue weighted by Gasteiger charge is 2.18. The van der Waals surface area contributed by atoms with Crippen LogP contribution in [0.15, 0.2) is 21.8 Å². The maximum absolute atomic E-state index is 4.73. The summed E-state index contributed by atoms with van der Waals surface area (Å²) >= 11 is 3.48. The second-order valence-corrected chi connectivity index (χ2v) is 8.19. The zero-order valence-electron chi connectivity index (χ0n) is 16.5. The highest BCUT2D eigenvalue weighted by molar-refractivity contribution is 7.11. The summed E-state index contributed by atoms with van der Waals surface area (Å²) in [7, 11) is 0. The van der Waals surface area contributed by atoms with E-state index in [9.17, 15) is 0 Å². The number of nitrogens with zero attached hydrogens (tertiary/aromatic N) is 3. The molecule has 0 aliphatic rings. The van der Waals surface area contributed by atoms with Crippen molar-refractivity contribution < 1.29 is 0 Å². The lowest BCUT2D eigenvalue weighted by Gasteiger charge is -2.30. The molecule has 0 radical (unpaired) electrons. The van der Waals surface area contributed by atoms with E-state index in [1.165, 1.54) is 10.4 Å². The van der Waals surface area contributed by atoms with Crippen LogP contribution < -0.4 is 10.6 Å². The first kappa shape index (κ1) is 20.9. The molecule has 2 aromatic heterocycles. The third-order valence-corrected chi connectivity index (χ3v) is 6.19. The Bertz CT molecular complexity index is 655. The molecule has 0 amide bonds. The van der Waals surface area contributed by atoms with Gasteiger partial charge in [-0.2, -0.15) is 11.3 Å². The van der Waals surface area contributed by atoms with Gasteiger partial charge in [0, 0.05) is 18.0 Å². The van der Waals surface area contributed by atoms with Gasteiger partial charge in [-0.15, -0.1) is 11.3 Å². The maximum Gasteiger partial charge on any atom is 0.191 e. The Morgan fingerprint density at radius 1 is 1.23 bits per heavy atom. The summed E-state index contributed by atoms with van der Waals surface area (Å²) in [5.41, 5.74) is 2.48. The molecule has 0 aliphatic heterocycles. The average Bonchev–Trinajstić information content (AvgIpc) is 3.26. The van der Waals surface area contributed by atoms with Crippen LogP contribution in [-0.4, -0.2) is 42.0 Å². The van der Waals surface area contributed by atoms with Gasteiger partial charge in [0.05, 0.1) is 18.3 Å². The van der Waals surface area contributed by atoms with Gasteiger partial charge in [-0.25, -0.2) is 9.98 Å². The molecule has 0 aliphatic carbocycles. The third kappa shape index (κ3) is 5.79. The van der Waals surface area contributed by atoms with Crippen LogP contribution >= 0.6 is 22.7 Å². The Morgan fingerprint density at radius 3 is 2.54 bits per heavy atom. The van der Waals surface area contributed by atoms with E-state index in [0.29, 0.717) is 12.6 Å². The van der Waals surface area contributed by atoms with Crippen LogP contribution in [0.25, 0.3) is 0 Å². The number of hydrogen-bond acceptors (Lipinski definition) is 5. The highest BCUT2D eigenvalue weighted by atomic mass is 32.1. The summed E-state index contributed by atoms with van der Waals surface area (Å²) in [6, 6.07) is 2.57. The van der Waals surface area contributed by atoms with Crippen molar-refractivity contribution in [2.45, 2.75) is 47.2 Å². The quantitative estimate of drug-likeness (QED) is 0.500. The predicted octanol–water partition coefficient (Wildman–Crippen LogP) is 3.96. The van der Waals surface area contributed by atoms with Crippen molar-refractivity contribution in [3.05, 3.63) is 38.0 Å². The topological polar surface area (TPSA) is 52.6 Å². The van der Waals surface area contributed by atoms with Gasteiger partial charge in [0.2, 0.25) is 0 Å². The number of aliphatic imine (C=N–C) groups is 1. The van der Waals surface area contributed by atoms with Gasteiger partial charge in [0.15, 0.2) is 5.96 Å². The van der Waals surface area contributed by atoms with Crippen LogP contribution in [0.3, 0.4) is 0 Å². The summed E-state index contributed by atoms with van der Waals surface area (Å²) in [5.74, 6) is 0.852. The molecule has 0 bridgehead atoms. The van der Waals surface area contributed by atoms with Crippen molar-refractivity contribution in [3.8, 4) is 0 Å². The van der Waals surface area contributed by atoms with Crippen molar-refractivity contribution in [1.29, 1.82) is 0 Å². The summed E-state index contributed by atoms with van der Waals surface area (Å²) in [5, 5.41) is 12.3. The number of aryl methyl sites for hydroxylation is 2. The average molecular weight is 394 g/mol. The van der Waals surface area contributed by atoms with Gasteiger partial charge >= 0.3 is 0 Å². The number of aromatic nitrogens is 1. The smallest absolute Gasteiger partial charge is 0.191 e. The van der Waals surface area contributed by atoms with Crippen LogP contribution in [0.1, 0.15) is 48.0 Å². The first-order chi connectivity index (χ1) is 12.6. The lowest BCUT2D eigenvalue weighted by Crippen LogP contribution is -2.43. The van der Waals surface area contributed by atoms with Crippen LogP contribution in [0.2, 0.25) is 0 Å². The SMILES string of the molecule is CCNC(=NCc1nc(C)c(C)s1)NCC(c1ccsc1)N(CC)CC. The molecule has 2 N–H and O–H groups in total. The lowest BCUT2D eigenvalue weighted by atomic mass is 10.1. The van der Waals surface area contributed by atoms with E-state index >= 15 is 0 Å². The predicted molar refractivity (Wildman–Crippen MR) is 114 cm³/mol. The Hall–Kier alpha value is -1.44. The van der Waals surface area contributed by atoms with Crippen molar-refractivity contribution in [2.75, 3.05) is 26.2 Å². The number of likely N-dealkylation sites (N-methyl/N-ethyl adjacent to an activating group) is 1. The molecule has 1 atom stereocenters. The van der Waals surface area contributed by atoms with Gasteiger partial charge in [0.1, 0.15) is 5.01 Å². The van der Waals surface area contributed by atoms with Crippen molar-refractivity contribution >= 4 is 28.6 Å². The second kappa shape index (κ2) is 10.6. The van der Waals surface area contributed by atoms with Gasteiger partial charge in [-0.1, -0.05) is 13.8 Å². The molecule has 2 heterocycles. The van der Waals surface area contributed by atoms with E-state index in [0.717, 1.165) is 42.8 Å². The fraction of sp³-hybridized carbons (Fsp3) is 0.579. The number of guanidine groups is 1. The molecule has 0 saturated heterocycles. The lowest BCUT2D eigenvalue weighted by molar-refractivity contribution is 0.219. The minimum absolute atomic E-state index is 0.351. The molecule has 26 heavy (non-hydrogen) atoms. The zero-order chi connectivity index (χ0) is 18.9. The molecule has 0 aromatic carbocycles. The van der Waals surface area contributed by atoms with Crippen molar-refractivity contribution in [3.63, 3.8) is 0 Å². The van der Waals surface area contributed by atoms with E-state index in [1.54, 1.807) is 22.7 Å². The minimum Gasteiger partial charge on any atom is -0.357 e.